The van der Waals surface area contributed by atoms with Crippen LogP contribution in [0.3, 0.4) is 0 Å². The monoisotopic (exact) mass is 298 g/mol. The normalized spacial score (nSPS) is 15.7. The molecule has 1 fully saturated rings. The van der Waals surface area contributed by atoms with E-state index >= 15 is 0 Å². The number of hydrogen-bond acceptors (Lipinski definition) is 3. The predicted molar refractivity (Wildman–Crippen MR) is 84.1 cm³/mol. The van der Waals surface area contributed by atoms with Gasteiger partial charge in [-0.05, 0) is 24.2 Å². The lowest BCUT2D eigenvalue weighted by Gasteiger charge is -2.24. The molecule has 1 aromatic carbocycles. The summed E-state index contributed by atoms with van der Waals surface area (Å²) < 4.78 is 0. The number of ketones is 1. The van der Waals surface area contributed by atoms with Crippen molar-refractivity contribution in [1.29, 1.82) is 5.26 Å². The molecule has 1 N–H and O–H groups in total. The van der Waals surface area contributed by atoms with Gasteiger partial charge in [0.1, 0.15) is 6.04 Å². The molecule has 1 saturated carbocycles. The van der Waals surface area contributed by atoms with E-state index in [-0.39, 0.29) is 24.2 Å². The Kier molecular flexibility index (Phi) is 4.97. The number of nitrogens with one attached hydrogen (secondary N) is 1. The van der Waals surface area contributed by atoms with Crippen molar-refractivity contribution in [3.05, 3.63) is 35.9 Å². The molecule has 4 heteroatoms. The third kappa shape index (κ3) is 4.70. The first-order valence-electron chi connectivity index (χ1n) is 7.68. The van der Waals surface area contributed by atoms with Crippen LogP contribution in [0.1, 0.15) is 49.9 Å². The van der Waals surface area contributed by atoms with E-state index in [0.29, 0.717) is 17.9 Å². The van der Waals surface area contributed by atoms with Crippen molar-refractivity contribution < 1.29 is 9.59 Å². The van der Waals surface area contributed by atoms with Crippen molar-refractivity contribution in [3.63, 3.8) is 0 Å². The minimum absolute atomic E-state index is 0.0393. The number of amides is 1. The Morgan fingerprint density at radius 3 is 2.45 bits per heavy atom. The summed E-state index contributed by atoms with van der Waals surface area (Å²) in [6, 6.07) is 10.9. The second-order valence-corrected chi connectivity index (χ2v) is 6.82. The summed E-state index contributed by atoms with van der Waals surface area (Å²) in [5, 5.41) is 11.8. The fourth-order valence-corrected chi connectivity index (χ4v) is 2.57. The van der Waals surface area contributed by atoms with Crippen LogP contribution in [0.2, 0.25) is 0 Å². The van der Waals surface area contributed by atoms with Crippen LogP contribution in [0.25, 0.3) is 0 Å². The summed E-state index contributed by atoms with van der Waals surface area (Å²) in [5.41, 5.74) is 0.240. The summed E-state index contributed by atoms with van der Waals surface area (Å²) >= 11 is 0. The van der Waals surface area contributed by atoms with Gasteiger partial charge in [-0.1, -0.05) is 44.2 Å². The van der Waals surface area contributed by atoms with Gasteiger partial charge in [-0.3, -0.25) is 9.59 Å². The molecule has 1 aromatic rings. The van der Waals surface area contributed by atoms with Crippen molar-refractivity contribution >= 4 is 11.7 Å². The minimum atomic E-state index is -0.430. The standard InChI is InChI=1S/C18H22N2O2/c1-18(2,10-16(21)14-6-4-3-5-7-14)11-17(22)20-15(12-19)13-8-9-13/h3-7,13,15H,8-11H2,1-2H3,(H,20,22). The molecule has 0 spiro atoms. The molecule has 1 atom stereocenters. The number of nitrogens with zero attached hydrogens (tertiary/aromatic N) is 1. The van der Waals surface area contributed by atoms with Crippen LogP contribution >= 0.6 is 0 Å². The molecule has 0 bridgehead atoms. The number of carbonyl (C=O) groups excluding carboxylic acids is 2. The van der Waals surface area contributed by atoms with E-state index in [1.54, 1.807) is 12.1 Å². The Hall–Kier alpha value is -2.15. The number of benzene rings is 1. The lowest BCUT2D eigenvalue weighted by atomic mass is 9.82. The van der Waals surface area contributed by atoms with E-state index in [9.17, 15) is 9.59 Å². The SMILES string of the molecule is CC(C)(CC(=O)NC(C#N)C1CC1)CC(=O)c1ccccc1. The molecule has 1 unspecified atom stereocenters. The van der Waals surface area contributed by atoms with Crippen molar-refractivity contribution in [2.45, 2.75) is 45.6 Å². The average molecular weight is 298 g/mol. The van der Waals surface area contributed by atoms with Crippen LogP contribution < -0.4 is 5.32 Å². The van der Waals surface area contributed by atoms with Crippen molar-refractivity contribution in [3.8, 4) is 6.07 Å². The van der Waals surface area contributed by atoms with Gasteiger partial charge in [0.15, 0.2) is 5.78 Å². The van der Waals surface area contributed by atoms with Crippen LogP contribution in [0.4, 0.5) is 0 Å². The van der Waals surface area contributed by atoms with E-state index in [1.807, 2.05) is 32.0 Å². The number of carbonyl (C=O) groups is 2. The van der Waals surface area contributed by atoms with Crippen LogP contribution in [0.5, 0.6) is 0 Å². The van der Waals surface area contributed by atoms with E-state index in [0.717, 1.165) is 12.8 Å². The van der Waals surface area contributed by atoms with Gasteiger partial charge in [0.2, 0.25) is 5.91 Å². The Balaban J connectivity index is 1.88. The molecule has 0 radical (unpaired) electrons. The highest BCUT2D eigenvalue weighted by Gasteiger charge is 2.33. The first kappa shape index (κ1) is 16.2. The second-order valence-electron chi connectivity index (χ2n) is 6.82. The van der Waals surface area contributed by atoms with Gasteiger partial charge in [-0.25, -0.2) is 0 Å². The second kappa shape index (κ2) is 6.74. The summed E-state index contributed by atoms with van der Waals surface area (Å²) in [4.78, 5) is 24.4. The topological polar surface area (TPSA) is 70.0 Å². The van der Waals surface area contributed by atoms with Gasteiger partial charge in [0.05, 0.1) is 6.07 Å². The van der Waals surface area contributed by atoms with Crippen molar-refractivity contribution in [1.82, 2.24) is 5.32 Å². The average Bonchev–Trinajstić information content (AvgIpc) is 3.29. The fourth-order valence-electron chi connectivity index (χ4n) is 2.57. The first-order chi connectivity index (χ1) is 10.4. The highest BCUT2D eigenvalue weighted by atomic mass is 16.1. The molecule has 0 saturated heterocycles. The largest absolute Gasteiger partial charge is 0.340 e. The molecule has 1 aliphatic rings. The van der Waals surface area contributed by atoms with E-state index in [1.165, 1.54) is 0 Å². The molecular weight excluding hydrogens is 276 g/mol. The summed E-state index contributed by atoms with van der Waals surface area (Å²) in [7, 11) is 0. The molecule has 0 aromatic heterocycles. The molecule has 2 rings (SSSR count). The van der Waals surface area contributed by atoms with Gasteiger partial charge in [0, 0.05) is 18.4 Å². The Morgan fingerprint density at radius 2 is 1.91 bits per heavy atom. The first-order valence-corrected chi connectivity index (χ1v) is 7.68. The zero-order valence-electron chi connectivity index (χ0n) is 13.1. The molecule has 22 heavy (non-hydrogen) atoms. The van der Waals surface area contributed by atoms with Crippen molar-refractivity contribution in [2.24, 2.45) is 11.3 Å². The quantitative estimate of drug-likeness (QED) is 0.786. The van der Waals surface area contributed by atoms with E-state index in [4.69, 9.17) is 5.26 Å². The number of rotatable bonds is 7. The minimum Gasteiger partial charge on any atom is -0.340 e. The fraction of sp³-hybridized carbons (Fsp3) is 0.500. The predicted octanol–water partition coefficient (Wildman–Crippen LogP) is 3.09. The number of hydrogen-bond donors (Lipinski definition) is 1. The van der Waals surface area contributed by atoms with Gasteiger partial charge < -0.3 is 5.32 Å². The Bertz CT molecular complexity index is 583. The number of Topliss-reactive ketones (excluding diaryl/α,β-unsaturated/α-hetero) is 1. The summed E-state index contributed by atoms with van der Waals surface area (Å²) in [5.74, 6) is 0.199. The third-order valence-corrected chi connectivity index (χ3v) is 3.92. The smallest absolute Gasteiger partial charge is 0.221 e. The van der Waals surface area contributed by atoms with Crippen LogP contribution in [0, 0.1) is 22.7 Å². The molecule has 4 nitrogen and oxygen atoms in total. The third-order valence-electron chi connectivity index (χ3n) is 3.92. The van der Waals surface area contributed by atoms with Gasteiger partial charge in [-0.2, -0.15) is 5.26 Å². The summed E-state index contributed by atoms with van der Waals surface area (Å²) in [6.07, 6.45) is 2.57. The lowest BCUT2D eigenvalue weighted by Crippen LogP contribution is -2.38. The maximum absolute atomic E-state index is 12.3. The zero-order chi connectivity index (χ0) is 16.2. The Morgan fingerprint density at radius 1 is 1.27 bits per heavy atom. The maximum Gasteiger partial charge on any atom is 0.221 e. The molecule has 1 aliphatic carbocycles. The number of nitriles is 1. The van der Waals surface area contributed by atoms with Gasteiger partial charge in [-0.15, -0.1) is 0 Å². The van der Waals surface area contributed by atoms with Crippen molar-refractivity contribution in [2.75, 3.05) is 0 Å². The zero-order valence-corrected chi connectivity index (χ0v) is 13.1. The molecule has 0 aliphatic heterocycles. The van der Waals surface area contributed by atoms with Crippen LogP contribution in [-0.2, 0) is 4.79 Å². The van der Waals surface area contributed by atoms with E-state index < -0.39 is 5.41 Å². The lowest BCUT2D eigenvalue weighted by molar-refractivity contribution is -0.123. The molecule has 1 amide bonds. The van der Waals surface area contributed by atoms with E-state index in [2.05, 4.69) is 11.4 Å². The van der Waals surface area contributed by atoms with Crippen LogP contribution in [-0.4, -0.2) is 17.7 Å². The van der Waals surface area contributed by atoms with Gasteiger partial charge >= 0.3 is 0 Å². The Labute approximate surface area is 131 Å². The highest BCUT2D eigenvalue weighted by molar-refractivity contribution is 5.96. The molecule has 0 heterocycles. The highest BCUT2D eigenvalue weighted by Crippen LogP contribution is 2.33. The maximum atomic E-state index is 12.3. The van der Waals surface area contributed by atoms with Crippen LogP contribution in [0.15, 0.2) is 30.3 Å². The summed E-state index contributed by atoms with van der Waals surface area (Å²) in [6.45, 7) is 3.82. The van der Waals surface area contributed by atoms with Gasteiger partial charge in [0.25, 0.3) is 0 Å². The molecular formula is C18H22N2O2. The molecule has 116 valence electrons.